The first-order valence-corrected chi connectivity index (χ1v) is 7.12. The molecule has 3 N–H and O–H groups in total. The number of rotatable bonds is 5. The number of benzene rings is 1. The van der Waals surface area contributed by atoms with Crippen LogP contribution < -0.4 is 21.5 Å². The Kier molecular flexibility index (Phi) is 3.80. The average Bonchev–Trinajstić information content (AvgIpc) is 2.58. The van der Waals surface area contributed by atoms with E-state index in [1.807, 2.05) is 6.92 Å². The van der Waals surface area contributed by atoms with Crippen molar-refractivity contribution in [2.24, 2.45) is 0 Å². The molecule has 1 heterocycles. The first-order valence-electron chi connectivity index (χ1n) is 7.12. The normalized spacial score (nSPS) is 12.0. The fraction of sp³-hybridized carbons (Fsp3) is 0.118. The van der Waals surface area contributed by atoms with Gasteiger partial charge in [0.2, 0.25) is 0 Å². The third-order valence-corrected chi connectivity index (χ3v) is 3.62. The van der Waals surface area contributed by atoms with Gasteiger partial charge in [-0.05, 0) is 25.1 Å². The van der Waals surface area contributed by atoms with Crippen LogP contribution in [0.5, 0.6) is 5.75 Å². The van der Waals surface area contributed by atoms with Crippen LogP contribution in [-0.2, 0) is 0 Å². The largest absolute Gasteiger partial charge is 0.508 e. The predicted molar refractivity (Wildman–Crippen MR) is 89.0 cm³/mol. The zero-order valence-corrected chi connectivity index (χ0v) is 12.4. The van der Waals surface area contributed by atoms with E-state index >= 15 is 0 Å². The summed E-state index contributed by atoms with van der Waals surface area (Å²) in [4.78, 5) is 27.5. The van der Waals surface area contributed by atoms with E-state index < -0.39 is 10.9 Å². The maximum Gasteiger partial charge on any atom is 0.253 e. The van der Waals surface area contributed by atoms with Crippen molar-refractivity contribution in [2.45, 2.75) is 13.0 Å². The van der Waals surface area contributed by atoms with E-state index in [1.165, 1.54) is 0 Å². The van der Waals surface area contributed by atoms with Crippen molar-refractivity contribution in [3.8, 4) is 5.75 Å². The molecule has 1 atom stereocenters. The van der Waals surface area contributed by atoms with Crippen LogP contribution in [0.25, 0.3) is 0 Å². The van der Waals surface area contributed by atoms with Gasteiger partial charge >= 0.3 is 0 Å². The number of nitrogens with zero attached hydrogens (tertiary/aromatic N) is 1. The summed E-state index contributed by atoms with van der Waals surface area (Å²) < 4.78 is 0. The van der Waals surface area contributed by atoms with E-state index in [2.05, 4.69) is 15.6 Å². The van der Waals surface area contributed by atoms with Gasteiger partial charge in [0.25, 0.3) is 10.9 Å². The molecule has 0 saturated heterocycles. The molecule has 0 unspecified atom stereocenters. The lowest BCUT2D eigenvalue weighted by molar-refractivity contribution is 0.465. The van der Waals surface area contributed by atoms with Gasteiger partial charge in [0.05, 0.1) is 6.04 Å². The molecule has 0 amide bonds. The van der Waals surface area contributed by atoms with Crippen LogP contribution in [0.4, 0.5) is 17.1 Å². The molecule has 3 rings (SSSR count). The molecule has 0 aliphatic rings. The number of phenolic OH excluding ortho intramolecular Hbond substituents is 1. The average molecular weight is 309 g/mol. The smallest absolute Gasteiger partial charge is 0.253 e. The van der Waals surface area contributed by atoms with Crippen molar-refractivity contribution in [1.29, 1.82) is 0 Å². The molecule has 0 aliphatic heterocycles. The highest BCUT2D eigenvalue weighted by Gasteiger charge is 2.23. The van der Waals surface area contributed by atoms with Crippen LogP contribution in [0.15, 0.2) is 58.4 Å². The highest BCUT2D eigenvalue weighted by atomic mass is 16.3. The van der Waals surface area contributed by atoms with E-state index in [4.69, 9.17) is 0 Å². The molecule has 0 radical (unpaired) electrons. The number of pyridine rings is 1. The second-order valence-electron chi connectivity index (χ2n) is 5.19. The summed E-state index contributed by atoms with van der Waals surface area (Å²) in [5.74, 6) is 0.134. The number of aromatic nitrogens is 1. The summed E-state index contributed by atoms with van der Waals surface area (Å²) >= 11 is 0. The first-order chi connectivity index (χ1) is 11.1. The number of nitrogens with one attached hydrogen (secondary N) is 2. The second kappa shape index (κ2) is 5.92. The zero-order valence-electron chi connectivity index (χ0n) is 12.4. The molecule has 0 saturated carbocycles. The van der Waals surface area contributed by atoms with E-state index in [0.717, 1.165) is 0 Å². The van der Waals surface area contributed by atoms with Crippen molar-refractivity contribution in [3.63, 3.8) is 0 Å². The fourth-order valence-corrected chi connectivity index (χ4v) is 2.38. The van der Waals surface area contributed by atoms with Gasteiger partial charge in [0, 0.05) is 23.6 Å². The predicted octanol–water partition coefficient (Wildman–Crippen LogP) is 2.30. The van der Waals surface area contributed by atoms with Crippen molar-refractivity contribution in [3.05, 3.63) is 74.8 Å². The summed E-state index contributed by atoms with van der Waals surface area (Å²) in [6, 6.07) is 9.93. The molecular formula is C17H15N3O3. The van der Waals surface area contributed by atoms with Crippen LogP contribution in [-0.4, -0.2) is 10.1 Å². The lowest BCUT2D eigenvalue weighted by Gasteiger charge is -2.20. The number of aromatic hydroxyl groups is 1. The molecule has 0 bridgehead atoms. The second-order valence-corrected chi connectivity index (χ2v) is 5.19. The maximum absolute atomic E-state index is 11.8. The Balaban J connectivity index is 1.84. The Bertz CT molecular complexity index is 899. The van der Waals surface area contributed by atoms with Gasteiger partial charge in [0.15, 0.2) is 0 Å². The Morgan fingerprint density at radius 2 is 1.65 bits per heavy atom. The van der Waals surface area contributed by atoms with Crippen LogP contribution in [0.1, 0.15) is 18.5 Å². The van der Waals surface area contributed by atoms with Gasteiger partial charge in [-0.25, -0.2) is 0 Å². The SMILES string of the molecule is C[C@H](Nc1c(Nc2ccncc2)c(=O)c1=O)c1ccccc1O. The summed E-state index contributed by atoms with van der Waals surface area (Å²) in [6.07, 6.45) is 3.18. The molecule has 2 aromatic carbocycles. The van der Waals surface area contributed by atoms with E-state index in [1.54, 1.807) is 48.8 Å². The molecule has 23 heavy (non-hydrogen) atoms. The Hall–Kier alpha value is -3.15. The summed E-state index contributed by atoms with van der Waals surface area (Å²) in [5, 5.41) is 15.8. The summed E-state index contributed by atoms with van der Waals surface area (Å²) in [7, 11) is 0. The quantitative estimate of drug-likeness (QED) is 0.626. The Morgan fingerprint density at radius 3 is 2.35 bits per heavy atom. The number of hydrogen-bond donors (Lipinski definition) is 3. The molecule has 3 aromatic rings. The highest BCUT2D eigenvalue weighted by Crippen LogP contribution is 2.28. The molecule has 0 aliphatic carbocycles. The Morgan fingerprint density at radius 1 is 1.00 bits per heavy atom. The summed E-state index contributed by atoms with van der Waals surface area (Å²) in [6.45, 7) is 1.81. The van der Waals surface area contributed by atoms with Gasteiger partial charge in [0.1, 0.15) is 17.1 Å². The minimum atomic E-state index is -0.566. The van der Waals surface area contributed by atoms with E-state index in [9.17, 15) is 14.7 Å². The maximum atomic E-state index is 11.8. The molecule has 116 valence electrons. The van der Waals surface area contributed by atoms with E-state index in [0.29, 0.717) is 11.3 Å². The van der Waals surface area contributed by atoms with Crippen molar-refractivity contribution >= 4 is 17.1 Å². The van der Waals surface area contributed by atoms with Crippen molar-refractivity contribution in [2.75, 3.05) is 10.6 Å². The van der Waals surface area contributed by atoms with Gasteiger partial charge in [-0.2, -0.15) is 0 Å². The number of para-hydroxylation sites is 1. The standard InChI is InChI=1S/C17H15N3O3/c1-10(12-4-2-3-5-13(12)21)19-14-15(17(23)16(14)22)20-11-6-8-18-9-7-11/h2-10,19,21H,1H3,(H,18,20)/t10-/m0/s1. The van der Waals surface area contributed by atoms with Crippen molar-refractivity contribution in [1.82, 2.24) is 4.98 Å². The van der Waals surface area contributed by atoms with Gasteiger partial charge in [-0.1, -0.05) is 18.2 Å². The van der Waals surface area contributed by atoms with Crippen LogP contribution in [0.3, 0.4) is 0 Å². The van der Waals surface area contributed by atoms with Crippen molar-refractivity contribution < 1.29 is 5.11 Å². The number of hydrogen-bond acceptors (Lipinski definition) is 6. The third kappa shape index (κ3) is 2.78. The van der Waals surface area contributed by atoms with E-state index in [-0.39, 0.29) is 23.2 Å². The van der Waals surface area contributed by atoms with Gasteiger partial charge in [-0.15, -0.1) is 0 Å². The zero-order chi connectivity index (χ0) is 16.4. The van der Waals surface area contributed by atoms with Gasteiger partial charge < -0.3 is 15.7 Å². The molecule has 6 heteroatoms. The van der Waals surface area contributed by atoms with Crippen LogP contribution in [0.2, 0.25) is 0 Å². The molecule has 0 spiro atoms. The Labute approximate surface area is 132 Å². The molecular weight excluding hydrogens is 294 g/mol. The number of anilines is 3. The lowest BCUT2D eigenvalue weighted by Crippen LogP contribution is -2.37. The van der Waals surface area contributed by atoms with Crippen LogP contribution in [0, 0.1) is 0 Å². The first kappa shape index (κ1) is 14.8. The molecule has 0 fully saturated rings. The molecule has 6 nitrogen and oxygen atoms in total. The molecule has 1 aromatic heterocycles. The highest BCUT2D eigenvalue weighted by molar-refractivity contribution is 5.78. The fourth-order valence-electron chi connectivity index (χ4n) is 2.38. The summed E-state index contributed by atoms with van der Waals surface area (Å²) in [5.41, 5.74) is 0.643. The van der Waals surface area contributed by atoms with Gasteiger partial charge in [-0.3, -0.25) is 14.6 Å². The monoisotopic (exact) mass is 309 g/mol. The lowest BCUT2D eigenvalue weighted by atomic mass is 10.1. The topological polar surface area (TPSA) is 91.3 Å². The number of phenols is 1. The third-order valence-electron chi connectivity index (χ3n) is 3.62. The minimum Gasteiger partial charge on any atom is -0.508 e. The van der Waals surface area contributed by atoms with Crippen LogP contribution >= 0.6 is 0 Å². The minimum absolute atomic E-state index is 0.134.